The highest BCUT2D eigenvalue weighted by Gasteiger charge is 2.18. The van der Waals surface area contributed by atoms with Gasteiger partial charge in [-0.15, -0.1) is 11.6 Å². The Morgan fingerprint density at radius 3 is 2.25 bits per heavy atom. The number of nitrogens with one attached hydrogen (secondary N) is 1. The minimum Gasteiger partial charge on any atom is -0.215 e. The summed E-state index contributed by atoms with van der Waals surface area (Å²) in [6.45, 7) is 5.83. The predicted molar refractivity (Wildman–Crippen MR) is 52.0 cm³/mol. The van der Waals surface area contributed by atoms with Crippen LogP contribution in [0.1, 0.15) is 20.8 Å². The first-order valence-electron chi connectivity index (χ1n) is 3.86. The molecule has 0 saturated carbocycles. The maximum atomic E-state index is 11.0. The van der Waals surface area contributed by atoms with Gasteiger partial charge in [0.15, 0.2) is 0 Å². The molecule has 12 heavy (non-hydrogen) atoms. The number of rotatable bonds is 5. The normalized spacial score (nSPS) is 13.3. The lowest BCUT2D eigenvalue weighted by Crippen LogP contribution is -2.35. The molecular formula is C7H16ClNO2S. The highest BCUT2D eigenvalue weighted by Crippen LogP contribution is 2.15. The minimum atomic E-state index is -3.07. The van der Waals surface area contributed by atoms with E-state index < -0.39 is 10.0 Å². The molecule has 0 amide bonds. The van der Waals surface area contributed by atoms with Crippen LogP contribution in [0.3, 0.4) is 0 Å². The molecule has 0 unspecified atom stereocenters. The van der Waals surface area contributed by atoms with Gasteiger partial charge >= 0.3 is 0 Å². The summed E-state index contributed by atoms with van der Waals surface area (Å²) < 4.78 is 24.5. The molecule has 74 valence electrons. The van der Waals surface area contributed by atoms with Crippen LogP contribution in [0.15, 0.2) is 0 Å². The summed E-state index contributed by atoms with van der Waals surface area (Å²) in [6, 6.07) is 0. The Balaban J connectivity index is 4.00. The Hall–Kier alpha value is 0.200. The summed E-state index contributed by atoms with van der Waals surface area (Å²) in [7, 11) is -3.07. The number of alkyl halides is 1. The molecule has 0 aromatic heterocycles. The van der Waals surface area contributed by atoms with Gasteiger partial charge in [0.05, 0.1) is 5.75 Å². The maximum Gasteiger partial charge on any atom is 0.211 e. The van der Waals surface area contributed by atoms with E-state index in [0.29, 0.717) is 12.4 Å². The molecule has 0 aliphatic heterocycles. The third-order valence-electron chi connectivity index (χ3n) is 1.51. The molecule has 1 N–H and O–H groups in total. The first-order valence-corrected chi connectivity index (χ1v) is 6.05. The average molecular weight is 214 g/mol. The van der Waals surface area contributed by atoms with Gasteiger partial charge in [-0.2, -0.15) is 0 Å². The molecule has 3 nitrogen and oxygen atoms in total. The lowest BCUT2D eigenvalue weighted by Gasteiger charge is -2.21. The standard InChI is InChI=1S/C7H16ClNO2S/c1-4-12(10,11)9-6-7(2,3)5-8/h9H,4-6H2,1-3H3. The molecule has 0 rings (SSSR count). The lowest BCUT2D eigenvalue weighted by atomic mass is 9.97. The molecule has 0 spiro atoms. The van der Waals surface area contributed by atoms with Gasteiger partial charge in [-0.25, -0.2) is 13.1 Å². The summed E-state index contributed by atoms with van der Waals surface area (Å²) in [4.78, 5) is 0. The topological polar surface area (TPSA) is 46.2 Å². The second kappa shape index (κ2) is 4.44. The van der Waals surface area contributed by atoms with E-state index in [1.54, 1.807) is 6.92 Å². The fourth-order valence-corrected chi connectivity index (χ4v) is 1.36. The van der Waals surface area contributed by atoms with Crippen molar-refractivity contribution >= 4 is 21.6 Å². The van der Waals surface area contributed by atoms with Crippen molar-refractivity contribution in [1.82, 2.24) is 4.72 Å². The maximum absolute atomic E-state index is 11.0. The van der Waals surface area contributed by atoms with E-state index in [-0.39, 0.29) is 11.2 Å². The predicted octanol–water partition coefficient (Wildman–Crippen LogP) is 1.19. The summed E-state index contributed by atoms with van der Waals surface area (Å²) in [6.07, 6.45) is 0. The molecule has 0 atom stereocenters. The smallest absolute Gasteiger partial charge is 0.211 e. The second-order valence-corrected chi connectivity index (χ2v) is 5.89. The van der Waals surface area contributed by atoms with Gasteiger partial charge in [0.25, 0.3) is 0 Å². The van der Waals surface area contributed by atoms with Gasteiger partial charge in [0.1, 0.15) is 0 Å². The minimum absolute atomic E-state index is 0.116. The quantitative estimate of drug-likeness (QED) is 0.698. The number of halogens is 1. The Morgan fingerprint density at radius 2 is 1.92 bits per heavy atom. The van der Waals surface area contributed by atoms with Gasteiger partial charge in [0, 0.05) is 12.4 Å². The molecule has 0 fully saturated rings. The number of hydrogen-bond donors (Lipinski definition) is 1. The van der Waals surface area contributed by atoms with Gasteiger partial charge in [-0.1, -0.05) is 13.8 Å². The van der Waals surface area contributed by atoms with E-state index in [1.807, 2.05) is 13.8 Å². The summed E-state index contributed by atoms with van der Waals surface area (Å²) in [5, 5.41) is 0. The molecule has 0 aliphatic carbocycles. The molecule has 5 heteroatoms. The fourth-order valence-electron chi connectivity index (χ4n) is 0.455. The molecule has 0 bridgehead atoms. The molecule has 0 radical (unpaired) electrons. The number of hydrogen-bond acceptors (Lipinski definition) is 2. The molecule has 0 aromatic carbocycles. The molecule has 0 saturated heterocycles. The van der Waals surface area contributed by atoms with Crippen LogP contribution in [-0.2, 0) is 10.0 Å². The summed E-state index contributed by atoms with van der Waals surface area (Å²) in [5.41, 5.74) is -0.177. The monoisotopic (exact) mass is 213 g/mol. The highest BCUT2D eigenvalue weighted by molar-refractivity contribution is 7.89. The van der Waals surface area contributed by atoms with Crippen molar-refractivity contribution in [2.45, 2.75) is 20.8 Å². The third-order valence-corrected chi connectivity index (χ3v) is 3.58. The van der Waals surface area contributed by atoms with Crippen molar-refractivity contribution in [2.75, 3.05) is 18.2 Å². The van der Waals surface area contributed by atoms with Crippen LogP contribution in [0.4, 0.5) is 0 Å². The Kier molecular flexibility index (Phi) is 4.51. The van der Waals surface area contributed by atoms with Crippen molar-refractivity contribution in [1.29, 1.82) is 0 Å². The number of sulfonamides is 1. The van der Waals surface area contributed by atoms with E-state index in [4.69, 9.17) is 11.6 Å². The zero-order valence-electron chi connectivity index (χ0n) is 7.72. The van der Waals surface area contributed by atoms with Crippen molar-refractivity contribution in [3.05, 3.63) is 0 Å². The van der Waals surface area contributed by atoms with Crippen LogP contribution in [-0.4, -0.2) is 26.6 Å². The SMILES string of the molecule is CCS(=O)(=O)NCC(C)(C)CCl. The van der Waals surface area contributed by atoms with Crippen LogP contribution in [0.25, 0.3) is 0 Å². The molecule has 0 aliphatic rings. The van der Waals surface area contributed by atoms with Gasteiger partial charge in [0.2, 0.25) is 10.0 Å². The zero-order chi connectivity index (χ0) is 9.83. The lowest BCUT2D eigenvalue weighted by molar-refractivity contribution is 0.414. The third kappa shape index (κ3) is 4.95. The Bertz CT molecular complexity index is 224. The van der Waals surface area contributed by atoms with E-state index >= 15 is 0 Å². The molecule has 0 heterocycles. The summed E-state index contributed by atoms with van der Waals surface area (Å²) in [5.74, 6) is 0.560. The highest BCUT2D eigenvalue weighted by atomic mass is 35.5. The Morgan fingerprint density at radius 1 is 1.42 bits per heavy atom. The van der Waals surface area contributed by atoms with Crippen LogP contribution >= 0.6 is 11.6 Å². The van der Waals surface area contributed by atoms with Crippen molar-refractivity contribution < 1.29 is 8.42 Å². The van der Waals surface area contributed by atoms with Crippen LogP contribution in [0, 0.1) is 5.41 Å². The zero-order valence-corrected chi connectivity index (χ0v) is 9.30. The summed E-state index contributed by atoms with van der Waals surface area (Å²) >= 11 is 5.63. The molecule has 0 aromatic rings. The van der Waals surface area contributed by atoms with Crippen LogP contribution in [0.2, 0.25) is 0 Å². The van der Waals surface area contributed by atoms with E-state index in [1.165, 1.54) is 0 Å². The first-order chi connectivity index (χ1) is 5.33. The molecular weight excluding hydrogens is 198 g/mol. The van der Waals surface area contributed by atoms with Gasteiger partial charge in [-0.05, 0) is 12.3 Å². The van der Waals surface area contributed by atoms with E-state index in [2.05, 4.69) is 4.72 Å². The Labute approximate surface area is 79.5 Å². The fraction of sp³-hybridized carbons (Fsp3) is 1.00. The second-order valence-electron chi connectivity index (χ2n) is 3.52. The largest absolute Gasteiger partial charge is 0.215 e. The van der Waals surface area contributed by atoms with Crippen molar-refractivity contribution in [2.24, 2.45) is 5.41 Å². The first kappa shape index (κ1) is 12.2. The van der Waals surface area contributed by atoms with Gasteiger partial charge < -0.3 is 0 Å². The van der Waals surface area contributed by atoms with E-state index in [0.717, 1.165) is 0 Å². The average Bonchev–Trinajstić information content (AvgIpc) is 2.02. The van der Waals surface area contributed by atoms with E-state index in [9.17, 15) is 8.42 Å². The van der Waals surface area contributed by atoms with Crippen LogP contribution in [0.5, 0.6) is 0 Å². The van der Waals surface area contributed by atoms with Crippen molar-refractivity contribution in [3.8, 4) is 0 Å². The van der Waals surface area contributed by atoms with Gasteiger partial charge in [-0.3, -0.25) is 0 Å². The van der Waals surface area contributed by atoms with Crippen molar-refractivity contribution in [3.63, 3.8) is 0 Å². The van der Waals surface area contributed by atoms with Crippen LogP contribution < -0.4 is 4.72 Å².